The summed E-state index contributed by atoms with van der Waals surface area (Å²) in [5, 5.41) is 3.25. The lowest BCUT2D eigenvalue weighted by Crippen LogP contribution is -2.48. The SMILES string of the molecule is CCCNC(=O)c1cn2c3c(c(N4CCN(C(C)=O)CC4)ccc3c1=O)Oc1ccccc1-2. The topological polar surface area (TPSA) is 83.9 Å². The van der Waals surface area contributed by atoms with Gasteiger partial charge in [0.15, 0.2) is 11.5 Å². The molecule has 0 bridgehead atoms. The zero-order valence-corrected chi connectivity index (χ0v) is 18.8. The first-order valence-corrected chi connectivity index (χ1v) is 11.3. The maximum atomic E-state index is 13.3. The number of aromatic nitrogens is 1. The molecule has 1 saturated heterocycles. The summed E-state index contributed by atoms with van der Waals surface area (Å²) >= 11 is 0. The van der Waals surface area contributed by atoms with Gasteiger partial charge in [-0.05, 0) is 30.7 Å². The van der Waals surface area contributed by atoms with Crippen molar-refractivity contribution in [3.05, 3.63) is 58.4 Å². The van der Waals surface area contributed by atoms with Gasteiger partial charge in [-0.2, -0.15) is 0 Å². The molecule has 0 spiro atoms. The number of rotatable bonds is 4. The predicted molar refractivity (Wildman–Crippen MR) is 127 cm³/mol. The minimum Gasteiger partial charge on any atom is -0.451 e. The van der Waals surface area contributed by atoms with Crippen molar-refractivity contribution in [1.82, 2.24) is 14.8 Å². The molecule has 0 atom stereocenters. The van der Waals surface area contributed by atoms with E-state index in [0.29, 0.717) is 55.1 Å². The number of carbonyl (C=O) groups excluding carboxylic acids is 2. The zero-order chi connectivity index (χ0) is 23.1. The van der Waals surface area contributed by atoms with Crippen LogP contribution in [0.15, 0.2) is 47.4 Å². The van der Waals surface area contributed by atoms with Gasteiger partial charge in [0.1, 0.15) is 11.1 Å². The van der Waals surface area contributed by atoms with Crippen LogP contribution in [0.4, 0.5) is 5.69 Å². The van der Waals surface area contributed by atoms with Gasteiger partial charge in [-0.25, -0.2) is 0 Å². The number of para-hydroxylation sites is 2. The summed E-state index contributed by atoms with van der Waals surface area (Å²) in [6.07, 6.45) is 2.41. The molecule has 2 aliphatic heterocycles. The first kappa shape index (κ1) is 21.1. The van der Waals surface area contributed by atoms with Crippen LogP contribution >= 0.6 is 0 Å². The average molecular weight is 447 g/mol. The van der Waals surface area contributed by atoms with E-state index in [9.17, 15) is 14.4 Å². The van der Waals surface area contributed by atoms with E-state index >= 15 is 0 Å². The van der Waals surface area contributed by atoms with Gasteiger partial charge in [0.05, 0.1) is 16.8 Å². The molecule has 8 nitrogen and oxygen atoms in total. The molecule has 2 aliphatic rings. The number of ether oxygens (including phenoxy) is 1. The van der Waals surface area contributed by atoms with Gasteiger partial charge in [0.25, 0.3) is 5.91 Å². The molecule has 8 heteroatoms. The van der Waals surface area contributed by atoms with Crippen molar-refractivity contribution in [2.45, 2.75) is 20.3 Å². The highest BCUT2D eigenvalue weighted by atomic mass is 16.5. The fourth-order valence-corrected chi connectivity index (χ4v) is 4.53. The van der Waals surface area contributed by atoms with Crippen LogP contribution in [0.1, 0.15) is 30.6 Å². The third kappa shape index (κ3) is 3.51. The van der Waals surface area contributed by atoms with E-state index in [1.54, 1.807) is 19.2 Å². The first-order chi connectivity index (χ1) is 16.0. The minimum atomic E-state index is -0.373. The highest BCUT2D eigenvalue weighted by molar-refractivity contribution is 6.01. The van der Waals surface area contributed by atoms with E-state index in [-0.39, 0.29) is 22.8 Å². The molecule has 0 unspecified atom stereocenters. The second kappa shape index (κ2) is 8.27. The number of pyridine rings is 1. The van der Waals surface area contributed by atoms with E-state index in [0.717, 1.165) is 17.8 Å². The number of hydrogen-bond donors (Lipinski definition) is 1. The van der Waals surface area contributed by atoms with E-state index < -0.39 is 0 Å². The molecule has 3 aromatic rings. The van der Waals surface area contributed by atoms with Gasteiger partial charge in [-0.3, -0.25) is 14.4 Å². The maximum absolute atomic E-state index is 13.3. The highest BCUT2D eigenvalue weighted by Gasteiger charge is 2.29. The summed E-state index contributed by atoms with van der Waals surface area (Å²) in [6, 6.07) is 11.2. The summed E-state index contributed by atoms with van der Waals surface area (Å²) in [7, 11) is 0. The number of benzene rings is 2. The Morgan fingerprint density at radius 1 is 1.03 bits per heavy atom. The summed E-state index contributed by atoms with van der Waals surface area (Å²) in [4.78, 5) is 41.8. The highest BCUT2D eigenvalue weighted by Crippen LogP contribution is 2.45. The Morgan fingerprint density at radius 3 is 2.52 bits per heavy atom. The standard InChI is InChI=1S/C25H26N4O4/c1-3-10-26-25(32)18-15-29-19-6-4-5-7-21(19)33-24-20(9-8-17(22(24)29)23(18)31)28-13-11-27(12-14-28)16(2)30/h4-9,15H,3,10-14H2,1-2H3,(H,26,32). The summed E-state index contributed by atoms with van der Waals surface area (Å²) in [6.45, 7) is 6.67. The van der Waals surface area contributed by atoms with E-state index in [4.69, 9.17) is 4.74 Å². The van der Waals surface area contributed by atoms with Gasteiger partial charge >= 0.3 is 0 Å². The largest absolute Gasteiger partial charge is 0.451 e. The fourth-order valence-electron chi connectivity index (χ4n) is 4.53. The van der Waals surface area contributed by atoms with Crippen molar-refractivity contribution >= 4 is 28.4 Å². The van der Waals surface area contributed by atoms with Crippen molar-refractivity contribution in [2.75, 3.05) is 37.6 Å². The van der Waals surface area contributed by atoms with Crippen LogP contribution in [0.5, 0.6) is 11.5 Å². The van der Waals surface area contributed by atoms with Gasteiger partial charge in [-0.15, -0.1) is 0 Å². The van der Waals surface area contributed by atoms with E-state index in [1.807, 2.05) is 46.7 Å². The van der Waals surface area contributed by atoms with Gasteiger partial charge < -0.3 is 24.4 Å². The summed E-state index contributed by atoms with van der Waals surface area (Å²) in [5.74, 6) is 0.953. The maximum Gasteiger partial charge on any atom is 0.256 e. The van der Waals surface area contributed by atoms with Crippen molar-refractivity contribution in [2.24, 2.45) is 0 Å². The van der Waals surface area contributed by atoms with Crippen LogP contribution in [-0.2, 0) is 4.79 Å². The Balaban J connectivity index is 1.67. The number of amides is 2. The molecule has 3 heterocycles. The molecule has 2 amide bonds. The number of hydrogen-bond acceptors (Lipinski definition) is 5. The second-order valence-corrected chi connectivity index (χ2v) is 8.37. The Hall–Kier alpha value is -3.81. The van der Waals surface area contributed by atoms with Crippen LogP contribution in [0.25, 0.3) is 16.6 Å². The van der Waals surface area contributed by atoms with Crippen LogP contribution in [0, 0.1) is 0 Å². The number of carbonyl (C=O) groups is 2. The molecule has 1 aromatic heterocycles. The zero-order valence-electron chi connectivity index (χ0n) is 18.8. The van der Waals surface area contributed by atoms with Crippen molar-refractivity contribution in [1.29, 1.82) is 0 Å². The van der Waals surface area contributed by atoms with Crippen LogP contribution < -0.4 is 20.4 Å². The monoisotopic (exact) mass is 446 g/mol. The van der Waals surface area contributed by atoms with Gasteiger partial charge in [0, 0.05) is 45.8 Å². The number of anilines is 1. The quantitative estimate of drug-likeness (QED) is 0.521. The molecule has 0 radical (unpaired) electrons. The predicted octanol–water partition coefficient (Wildman–Crippen LogP) is 2.90. The van der Waals surface area contributed by atoms with Crippen LogP contribution in [0.3, 0.4) is 0 Å². The van der Waals surface area contributed by atoms with Gasteiger partial charge in [0.2, 0.25) is 11.3 Å². The Bertz CT molecular complexity index is 1320. The molecule has 170 valence electrons. The smallest absolute Gasteiger partial charge is 0.256 e. The second-order valence-electron chi connectivity index (χ2n) is 8.37. The lowest BCUT2D eigenvalue weighted by Gasteiger charge is -2.37. The molecular formula is C25H26N4O4. The molecule has 0 saturated carbocycles. The molecule has 5 rings (SSSR count). The lowest BCUT2D eigenvalue weighted by atomic mass is 10.1. The molecule has 1 fully saturated rings. The Morgan fingerprint density at radius 2 is 1.79 bits per heavy atom. The number of piperazine rings is 1. The molecule has 2 aromatic carbocycles. The summed E-state index contributed by atoms with van der Waals surface area (Å²) < 4.78 is 8.24. The van der Waals surface area contributed by atoms with Crippen molar-refractivity contribution in [3.8, 4) is 17.2 Å². The Labute approximate surface area is 191 Å². The van der Waals surface area contributed by atoms with E-state index in [2.05, 4.69) is 10.2 Å². The third-order valence-electron chi connectivity index (χ3n) is 6.28. The first-order valence-electron chi connectivity index (χ1n) is 11.3. The normalized spacial score (nSPS) is 14.6. The molecule has 0 aliphatic carbocycles. The number of nitrogens with zero attached hydrogens (tertiary/aromatic N) is 3. The summed E-state index contributed by atoms with van der Waals surface area (Å²) in [5.41, 5.74) is 2.10. The minimum absolute atomic E-state index is 0.0717. The molecular weight excluding hydrogens is 420 g/mol. The fraction of sp³-hybridized carbons (Fsp3) is 0.320. The molecule has 1 N–H and O–H groups in total. The average Bonchev–Trinajstić information content (AvgIpc) is 2.84. The molecule has 33 heavy (non-hydrogen) atoms. The van der Waals surface area contributed by atoms with Crippen molar-refractivity contribution < 1.29 is 14.3 Å². The third-order valence-corrected chi connectivity index (χ3v) is 6.28. The van der Waals surface area contributed by atoms with Crippen LogP contribution in [0.2, 0.25) is 0 Å². The number of nitrogens with one attached hydrogen (secondary N) is 1. The van der Waals surface area contributed by atoms with Crippen LogP contribution in [-0.4, -0.2) is 54.0 Å². The number of fused-ring (bicyclic) bond motifs is 2. The van der Waals surface area contributed by atoms with Crippen molar-refractivity contribution in [3.63, 3.8) is 0 Å². The lowest BCUT2D eigenvalue weighted by molar-refractivity contribution is -0.129. The van der Waals surface area contributed by atoms with E-state index in [1.165, 1.54) is 0 Å². The van der Waals surface area contributed by atoms with Gasteiger partial charge in [-0.1, -0.05) is 19.1 Å². The Kier molecular flexibility index (Phi) is 5.28.